The van der Waals surface area contributed by atoms with Crippen LogP contribution in [0.5, 0.6) is 0 Å². The van der Waals surface area contributed by atoms with Gasteiger partial charge in [-0.1, -0.05) is 32.9 Å². The highest BCUT2D eigenvalue weighted by Crippen LogP contribution is 2.43. The molecule has 6 heteroatoms. The lowest BCUT2D eigenvalue weighted by Crippen LogP contribution is -2.32. The van der Waals surface area contributed by atoms with Crippen LogP contribution >= 0.6 is 0 Å². The van der Waals surface area contributed by atoms with Crippen molar-refractivity contribution in [3.05, 3.63) is 65.4 Å². The van der Waals surface area contributed by atoms with E-state index in [4.69, 9.17) is 0 Å². The standard InChI is InChI=1S/C25H31N3O3/c1-25(2,3)23(30)20-21(16-8-10-17(11-9-16)26(4)5)28(24(31)22(20)29)19-14-12-18(13-15-19)27(6)7/h8-15,21,29H,1-7H3. The lowest BCUT2D eigenvalue weighted by atomic mass is 9.82. The number of aliphatic hydroxyl groups is 1. The normalized spacial score (nSPS) is 16.7. The zero-order chi connectivity index (χ0) is 23.1. The molecule has 1 heterocycles. The molecule has 3 rings (SSSR count). The van der Waals surface area contributed by atoms with Crippen LogP contribution in [0.1, 0.15) is 32.4 Å². The smallest absolute Gasteiger partial charge is 0.294 e. The topological polar surface area (TPSA) is 64.1 Å². The van der Waals surface area contributed by atoms with Crippen molar-refractivity contribution in [1.29, 1.82) is 0 Å². The van der Waals surface area contributed by atoms with Crippen molar-refractivity contribution in [1.82, 2.24) is 0 Å². The molecule has 2 aromatic carbocycles. The van der Waals surface area contributed by atoms with E-state index in [2.05, 4.69) is 0 Å². The SMILES string of the molecule is CN(C)c1ccc(C2C(C(=O)C(C)(C)C)=C(O)C(=O)N2c2ccc(N(C)C)cc2)cc1. The van der Waals surface area contributed by atoms with Gasteiger partial charge in [0.25, 0.3) is 5.91 Å². The Kier molecular flexibility index (Phi) is 5.85. The number of amides is 1. The van der Waals surface area contributed by atoms with E-state index < -0.39 is 23.1 Å². The molecule has 1 amide bonds. The Hall–Kier alpha value is -3.28. The van der Waals surface area contributed by atoms with E-state index >= 15 is 0 Å². The number of carbonyl (C=O) groups is 2. The fourth-order valence-electron chi connectivity index (χ4n) is 3.69. The van der Waals surface area contributed by atoms with Gasteiger partial charge in [0.05, 0.1) is 11.6 Å². The third-order valence-corrected chi connectivity index (χ3v) is 5.50. The minimum absolute atomic E-state index is 0.145. The van der Waals surface area contributed by atoms with E-state index in [9.17, 15) is 14.7 Å². The molecule has 0 fully saturated rings. The van der Waals surface area contributed by atoms with Gasteiger partial charge in [0.2, 0.25) is 0 Å². The monoisotopic (exact) mass is 421 g/mol. The average molecular weight is 422 g/mol. The summed E-state index contributed by atoms with van der Waals surface area (Å²) in [5, 5.41) is 10.8. The molecule has 0 saturated carbocycles. The summed E-state index contributed by atoms with van der Waals surface area (Å²) in [5.74, 6) is -1.28. The van der Waals surface area contributed by atoms with E-state index in [-0.39, 0.29) is 11.4 Å². The van der Waals surface area contributed by atoms with Crippen LogP contribution in [0.25, 0.3) is 0 Å². The van der Waals surface area contributed by atoms with Crippen LogP contribution in [-0.4, -0.2) is 45.0 Å². The summed E-state index contributed by atoms with van der Waals surface area (Å²) in [5.41, 5.74) is 2.80. The summed E-state index contributed by atoms with van der Waals surface area (Å²) in [4.78, 5) is 31.9. The number of hydrogen-bond donors (Lipinski definition) is 1. The number of nitrogens with zero attached hydrogens (tertiary/aromatic N) is 3. The Morgan fingerprint density at radius 3 is 1.74 bits per heavy atom. The lowest BCUT2D eigenvalue weighted by Gasteiger charge is -2.29. The van der Waals surface area contributed by atoms with E-state index in [1.54, 1.807) is 20.8 Å². The first kappa shape index (κ1) is 22.4. The van der Waals surface area contributed by atoms with E-state index in [0.29, 0.717) is 5.69 Å². The summed E-state index contributed by atoms with van der Waals surface area (Å²) in [6.07, 6.45) is 0. The van der Waals surface area contributed by atoms with Crippen LogP contribution in [0.3, 0.4) is 0 Å². The van der Waals surface area contributed by atoms with Crippen molar-refractivity contribution in [3.63, 3.8) is 0 Å². The zero-order valence-corrected chi connectivity index (χ0v) is 19.3. The van der Waals surface area contributed by atoms with Crippen molar-refractivity contribution in [2.24, 2.45) is 5.41 Å². The molecule has 1 aliphatic rings. The molecule has 6 nitrogen and oxygen atoms in total. The Morgan fingerprint density at radius 1 is 0.871 bits per heavy atom. The molecule has 1 unspecified atom stereocenters. The van der Waals surface area contributed by atoms with Gasteiger partial charge < -0.3 is 14.9 Å². The van der Waals surface area contributed by atoms with Crippen LogP contribution in [0, 0.1) is 5.41 Å². The summed E-state index contributed by atoms with van der Waals surface area (Å²) in [6.45, 7) is 5.38. The number of anilines is 3. The number of aliphatic hydroxyl groups excluding tert-OH is 1. The fourth-order valence-corrected chi connectivity index (χ4v) is 3.69. The molecule has 2 aromatic rings. The van der Waals surface area contributed by atoms with Gasteiger partial charge in [0.1, 0.15) is 0 Å². The molecule has 31 heavy (non-hydrogen) atoms. The zero-order valence-electron chi connectivity index (χ0n) is 19.3. The lowest BCUT2D eigenvalue weighted by molar-refractivity contribution is -0.123. The molecule has 0 radical (unpaired) electrons. The quantitative estimate of drug-likeness (QED) is 0.778. The van der Waals surface area contributed by atoms with E-state index in [0.717, 1.165) is 16.9 Å². The van der Waals surface area contributed by atoms with Crippen LogP contribution < -0.4 is 14.7 Å². The summed E-state index contributed by atoms with van der Waals surface area (Å²) >= 11 is 0. The molecular formula is C25H31N3O3. The first-order valence-corrected chi connectivity index (χ1v) is 10.3. The third-order valence-electron chi connectivity index (χ3n) is 5.50. The van der Waals surface area contributed by atoms with Crippen LogP contribution in [0.4, 0.5) is 17.1 Å². The predicted molar refractivity (Wildman–Crippen MR) is 126 cm³/mol. The molecular weight excluding hydrogens is 390 g/mol. The van der Waals surface area contributed by atoms with Gasteiger partial charge in [-0.3, -0.25) is 14.5 Å². The molecule has 0 aromatic heterocycles. The van der Waals surface area contributed by atoms with Crippen LogP contribution in [0.2, 0.25) is 0 Å². The Balaban J connectivity index is 2.15. The largest absolute Gasteiger partial charge is 0.503 e. The minimum Gasteiger partial charge on any atom is -0.503 e. The van der Waals surface area contributed by atoms with Crippen LogP contribution in [-0.2, 0) is 9.59 Å². The molecule has 1 N–H and O–H groups in total. The van der Waals surface area contributed by atoms with Crippen LogP contribution in [0.15, 0.2) is 59.9 Å². The van der Waals surface area contributed by atoms with Crippen molar-refractivity contribution in [2.45, 2.75) is 26.8 Å². The number of hydrogen-bond acceptors (Lipinski definition) is 5. The average Bonchev–Trinajstić information content (AvgIpc) is 2.97. The highest BCUT2D eigenvalue weighted by Gasteiger charge is 2.46. The van der Waals surface area contributed by atoms with Gasteiger partial charge in [-0.25, -0.2) is 0 Å². The molecule has 0 spiro atoms. The first-order chi connectivity index (χ1) is 14.4. The predicted octanol–water partition coefficient (Wildman–Crippen LogP) is 4.33. The van der Waals surface area contributed by atoms with E-state index in [1.165, 1.54) is 4.90 Å². The second-order valence-corrected chi connectivity index (χ2v) is 9.32. The second kappa shape index (κ2) is 8.10. The molecule has 0 saturated heterocycles. The van der Waals surface area contributed by atoms with Gasteiger partial charge >= 0.3 is 0 Å². The van der Waals surface area contributed by atoms with E-state index in [1.807, 2.05) is 86.5 Å². The summed E-state index contributed by atoms with van der Waals surface area (Å²) in [7, 11) is 7.79. The molecule has 1 atom stereocenters. The maximum absolute atomic E-state index is 13.3. The second-order valence-electron chi connectivity index (χ2n) is 9.32. The minimum atomic E-state index is -0.740. The van der Waals surface area contributed by atoms with Gasteiger partial charge in [-0.15, -0.1) is 0 Å². The van der Waals surface area contributed by atoms with Gasteiger partial charge in [-0.2, -0.15) is 0 Å². The molecule has 164 valence electrons. The first-order valence-electron chi connectivity index (χ1n) is 10.3. The maximum atomic E-state index is 13.3. The number of ketones is 1. The van der Waals surface area contributed by atoms with Crippen molar-refractivity contribution in [3.8, 4) is 0 Å². The molecule has 0 aliphatic carbocycles. The number of rotatable bonds is 5. The Labute approximate surface area is 184 Å². The number of benzene rings is 2. The summed E-state index contributed by atoms with van der Waals surface area (Å²) in [6, 6.07) is 14.5. The molecule has 0 bridgehead atoms. The van der Waals surface area contributed by atoms with Crippen molar-refractivity contribution in [2.75, 3.05) is 42.9 Å². The Bertz CT molecular complexity index is 1010. The number of Topliss-reactive ketones (excluding diaryl/α,β-unsaturated/α-hetero) is 1. The van der Waals surface area contributed by atoms with Gasteiger partial charge in [-0.05, 0) is 42.0 Å². The highest BCUT2D eigenvalue weighted by atomic mass is 16.3. The maximum Gasteiger partial charge on any atom is 0.294 e. The summed E-state index contributed by atoms with van der Waals surface area (Å²) < 4.78 is 0. The fraction of sp³-hybridized carbons (Fsp3) is 0.360. The van der Waals surface area contributed by atoms with Crippen molar-refractivity contribution >= 4 is 28.8 Å². The third kappa shape index (κ3) is 4.15. The highest BCUT2D eigenvalue weighted by molar-refractivity contribution is 6.17. The Morgan fingerprint density at radius 2 is 1.32 bits per heavy atom. The van der Waals surface area contributed by atoms with Crippen molar-refractivity contribution < 1.29 is 14.7 Å². The van der Waals surface area contributed by atoms with Gasteiger partial charge in [0.15, 0.2) is 11.5 Å². The van der Waals surface area contributed by atoms with Gasteiger partial charge in [0, 0.05) is 50.7 Å². The molecule has 1 aliphatic heterocycles. The number of carbonyl (C=O) groups excluding carboxylic acids is 2.